The fraction of sp³-hybridized carbons (Fsp3) is 0.0294. The van der Waals surface area contributed by atoms with Crippen molar-refractivity contribution in [3.8, 4) is 11.1 Å². The van der Waals surface area contributed by atoms with E-state index >= 15 is 0 Å². The Morgan fingerprint density at radius 1 is 0.632 bits per heavy atom. The van der Waals surface area contributed by atoms with E-state index in [2.05, 4.69) is 108 Å². The molecular weight excluding hydrogens is 482 g/mol. The zero-order valence-electron chi connectivity index (χ0n) is 20.8. The van der Waals surface area contributed by atoms with Crippen LogP contribution < -0.4 is 31.1 Å². The maximum Gasteiger partial charge on any atom is 0.195 e. The van der Waals surface area contributed by atoms with Gasteiger partial charge in [-0.25, -0.2) is 0 Å². The number of para-hydroxylation sites is 2. The van der Waals surface area contributed by atoms with Crippen LogP contribution >= 0.6 is 0 Å². The van der Waals surface area contributed by atoms with Gasteiger partial charge >= 0.3 is 0 Å². The van der Waals surface area contributed by atoms with E-state index < -0.39 is 8.07 Å². The molecule has 0 saturated carbocycles. The predicted molar refractivity (Wildman–Crippen MR) is 158 cm³/mol. The van der Waals surface area contributed by atoms with E-state index in [1.54, 1.807) is 13.2 Å². The van der Waals surface area contributed by atoms with Gasteiger partial charge in [-0.2, -0.15) is 0 Å². The Morgan fingerprint density at radius 3 is 1.76 bits per heavy atom. The van der Waals surface area contributed by atoms with Crippen LogP contribution in [-0.4, -0.2) is 8.07 Å². The van der Waals surface area contributed by atoms with E-state index in [-0.39, 0.29) is 5.43 Å². The number of hydrogen-bond acceptors (Lipinski definition) is 3. The molecule has 3 heterocycles. The second-order valence-electron chi connectivity index (χ2n) is 10.1. The molecule has 6 aromatic rings. The molecule has 8 rings (SSSR count). The van der Waals surface area contributed by atoms with Crippen LogP contribution in [0.4, 0.5) is 17.1 Å². The first-order valence-corrected chi connectivity index (χ1v) is 14.9. The molecule has 0 aliphatic carbocycles. The summed E-state index contributed by atoms with van der Waals surface area (Å²) in [6.45, 7) is 1.80. The fourth-order valence-corrected chi connectivity index (χ4v) is 12.2. The van der Waals surface area contributed by atoms with Crippen molar-refractivity contribution in [2.24, 2.45) is 0 Å². The minimum atomic E-state index is -2.57. The highest BCUT2D eigenvalue weighted by atomic mass is 28.3. The molecule has 3 nitrogen and oxygen atoms in total. The smallest absolute Gasteiger partial charge is 0.195 e. The Balaban J connectivity index is 1.50. The number of nitrogens with zero attached hydrogens (tertiary/aromatic N) is 1. The van der Waals surface area contributed by atoms with Crippen molar-refractivity contribution in [1.29, 1.82) is 0 Å². The monoisotopic (exact) mass is 505 g/mol. The number of hydrogen-bond donors (Lipinski definition) is 0. The highest BCUT2D eigenvalue weighted by molar-refractivity contribution is 7.23. The molecule has 0 unspecified atom stereocenters. The highest BCUT2D eigenvalue weighted by Gasteiger charge is 2.53. The lowest BCUT2D eigenvalue weighted by molar-refractivity contribution is 0.597. The minimum absolute atomic E-state index is 0.0103. The normalized spacial score (nSPS) is 14.2. The highest BCUT2D eigenvalue weighted by Crippen LogP contribution is 2.41. The molecule has 0 radical (unpaired) electrons. The lowest BCUT2D eigenvalue weighted by Gasteiger charge is -2.43. The van der Waals surface area contributed by atoms with Gasteiger partial charge in [-0.3, -0.25) is 4.79 Å². The molecule has 0 saturated heterocycles. The molecule has 1 spiro atoms. The summed E-state index contributed by atoms with van der Waals surface area (Å²) in [4.78, 5) is 15.4. The van der Waals surface area contributed by atoms with Gasteiger partial charge in [-0.15, -0.1) is 0 Å². The van der Waals surface area contributed by atoms with Gasteiger partial charge in [-0.05, 0) is 69.1 Å². The summed E-state index contributed by atoms with van der Waals surface area (Å²) in [5.74, 6) is 0. The predicted octanol–water partition coefficient (Wildman–Crippen LogP) is 5.24. The maximum absolute atomic E-state index is 13.1. The van der Waals surface area contributed by atoms with Crippen LogP contribution in [0.5, 0.6) is 0 Å². The van der Waals surface area contributed by atoms with E-state index in [9.17, 15) is 4.79 Å². The molecule has 2 aliphatic heterocycles. The zero-order valence-corrected chi connectivity index (χ0v) is 21.8. The van der Waals surface area contributed by atoms with E-state index in [0.29, 0.717) is 16.5 Å². The molecule has 0 fully saturated rings. The van der Waals surface area contributed by atoms with Gasteiger partial charge in [0.25, 0.3) is 0 Å². The topological polar surface area (TPSA) is 33.5 Å². The molecule has 0 atom stereocenters. The summed E-state index contributed by atoms with van der Waals surface area (Å²) in [5, 5.41) is 6.22. The molecule has 1 aromatic heterocycles. The van der Waals surface area contributed by atoms with Gasteiger partial charge in [0.2, 0.25) is 0 Å². The third-order valence-corrected chi connectivity index (χ3v) is 13.2. The molecule has 0 amide bonds. The molecule has 4 heteroatoms. The zero-order chi connectivity index (χ0) is 25.4. The summed E-state index contributed by atoms with van der Waals surface area (Å²) in [6, 6.07) is 41.5. The quantitative estimate of drug-likeness (QED) is 0.286. The van der Waals surface area contributed by atoms with Gasteiger partial charge in [0, 0.05) is 22.6 Å². The number of fused-ring (bicyclic) bond motifs is 10. The summed E-state index contributed by atoms with van der Waals surface area (Å²) in [7, 11) is -2.57. The van der Waals surface area contributed by atoms with Crippen molar-refractivity contribution < 1.29 is 4.42 Å². The summed E-state index contributed by atoms with van der Waals surface area (Å²) >= 11 is 0. The Morgan fingerprint density at radius 2 is 1.16 bits per heavy atom. The first-order valence-electron chi connectivity index (χ1n) is 12.9. The van der Waals surface area contributed by atoms with Gasteiger partial charge in [-0.1, -0.05) is 84.9 Å². The number of anilines is 3. The van der Waals surface area contributed by atoms with Crippen molar-refractivity contribution in [2.75, 3.05) is 4.90 Å². The van der Waals surface area contributed by atoms with Crippen molar-refractivity contribution in [3.05, 3.63) is 137 Å². The van der Waals surface area contributed by atoms with E-state index in [0.717, 1.165) is 5.69 Å². The SMILES string of the molecule is Cc1coc2ccc(N3c4ccccc4[Si]4(c5ccccc5-c5ccccc54)c4ccccc43)cc2c1=O. The van der Waals surface area contributed by atoms with E-state index in [1.807, 2.05) is 12.1 Å². The van der Waals surface area contributed by atoms with Crippen molar-refractivity contribution in [3.63, 3.8) is 0 Å². The van der Waals surface area contributed by atoms with Crippen LogP contribution in [0.3, 0.4) is 0 Å². The standard InChI is InChI=1S/C34H23NO2Si/c1-22-21-37-29-19-18-23(20-26(29)34(22)36)35-27-12-4-8-16-32(27)38(33-17-9-5-13-28(33)35)30-14-6-2-10-24(30)25-11-3-7-15-31(25)38/h2-21H,1H3. The Bertz CT molecular complexity index is 1890. The number of aryl methyl sites for hydroxylation is 1. The van der Waals surface area contributed by atoms with Crippen molar-refractivity contribution in [2.45, 2.75) is 6.92 Å². The number of rotatable bonds is 1. The average molecular weight is 506 g/mol. The van der Waals surface area contributed by atoms with Gasteiger partial charge in [0.05, 0.1) is 11.6 Å². The third kappa shape index (κ3) is 2.60. The van der Waals surface area contributed by atoms with Crippen LogP contribution in [0.2, 0.25) is 0 Å². The molecular formula is C34H23NO2Si. The van der Waals surface area contributed by atoms with Crippen molar-refractivity contribution >= 4 is 56.9 Å². The summed E-state index contributed by atoms with van der Waals surface area (Å²) in [6.07, 6.45) is 1.54. The molecule has 38 heavy (non-hydrogen) atoms. The fourth-order valence-electron chi connectivity index (χ4n) is 6.69. The maximum atomic E-state index is 13.1. The van der Waals surface area contributed by atoms with Crippen LogP contribution in [0, 0.1) is 6.92 Å². The minimum Gasteiger partial charge on any atom is -0.464 e. The molecule has 180 valence electrons. The van der Waals surface area contributed by atoms with Crippen LogP contribution in [0.1, 0.15) is 5.56 Å². The largest absolute Gasteiger partial charge is 0.464 e. The average Bonchev–Trinajstić information content (AvgIpc) is 3.27. The Hall–Kier alpha value is -4.67. The Labute approximate surface area is 221 Å². The van der Waals surface area contributed by atoms with Crippen LogP contribution in [0.25, 0.3) is 22.1 Å². The molecule has 0 N–H and O–H groups in total. The van der Waals surface area contributed by atoms with Crippen molar-refractivity contribution in [1.82, 2.24) is 0 Å². The number of benzene rings is 5. The Kier molecular flexibility index (Phi) is 4.32. The first kappa shape index (κ1) is 21.4. The van der Waals surface area contributed by atoms with Gasteiger partial charge in [0.1, 0.15) is 5.58 Å². The van der Waals surface area contributed by atoms with Crippen LogP contribution in [-0.2, 0) is 0 Å². The summed E-state index contributed by atoms with van der Waals surface area (Å²) < 4.78 is 5.75. The second-order valence-corrected chi connectivity index (χ2v) is 13.8. The van der Waals surface area contributed by atoms with E-state index in [1.165, 1.54) is 43.2 Å². The van der Waals surface area contributed by atoms with Gasteiger partial charge in [0.15, 0.2) is 13.5 Å². The molecule has 5 aromatic carbocycles. The van der Waals surface area contributed by atoms with Gasteiger partial charge < -0.3 is 9.32 Å². The lowest BCUT2D eigenvalue weighted by Crippen LogP contribution is -2.75. The lowest BCUT2D eigenvalue weighted by atomic mass is 10.1. The van der Waals surface area contributed by atoms with Crippen LogP contribution in [0.15, 0.2) is 131 Å². The summed E-state index contributed by atoms with van der Waals surface area (Å²) in [5.41, 5.74) is 7.20. The van der Waals surface area contributed by atoms with E-state index in [4.69, 9.17) is 4.42 Å². The third-order valence-electron chi connectivity index (χ3n) is 8.24. The second kappa shape index (κ2) is 7.67. The first-order chi connectivity index (χ1) is 18.7. The molecule has 2 aliphatic rings. The molecule has 0 bridgehead atoms.